The van der Waals surface area contributed by atoms with Crippen LogP contribution in [-0.4, -0.2) is 40.9 Å². The van der Waals surface area contributed by atoms with Crippen LogP contribution in [0.2, 0.25) is 5.02 Å². The average molecular weight is 324 g/mol. The molecule has 0 bridgehead atoms. The number of halogens is 1. The Balaban J connectivity index is 1.72. The van der Waals surface area contributed by atoms with Gasteiger partial charge in [-0.1, -0.05) is 17.7 Å². The highest BCUT2D eigenvalue weighted by Gasteiger charge is 2.21. The van der Waals surface area contributed by atoms with Gasteiger partial charge in [0.2, 0.25) is 5.95 Å². The van der Waals surface area contributed by atoms with Gasteiger partial charge in [0.1, 0.15) is 0 Å². The van der Waals surface area contributed by atoms with Crippen LogP contribution in [0, 0.1) is 4.77 Å². The molecule has 1 fully saturated rings. The van der Waals surface area contributed by atoms with Crippen molar-refractivity contribution >= 4 is 35.5 Å². The lowest BCUT2D eigenvalue weighted by Gasteiger charge is -2.36. The van der Waals surface area contributed by atoms with E-state index < -0.39 is 0 Å². The van der Waals surface area contributed by atoms with Crippen molar-refractivity contribution in [2.45, 2.75) is 13.5 Å². The van der Waals surface area contributed by atoms with Crippen LogP contribution in [0.25, 0.3) is 0 Å². The standard InChI is InChI=1S/C14H18ClN5S/c1-2-20-13(16-17-14(20)21)19-8-6-18(7-9-19)12-5-3-4-11(15)10-12/h3-5,10H,2,6-9H2,1H3,(H,17,21). The maximum absolute atomic E-state index is 6.06. The molecule has 0 spiro atoms. The third kappa shape index (κ3) is 2.91. The van der Waals surface area contributed by atoms with Crippen LogP contribution in [0.4, 0.5) is 11.6 Å². The van der Waals surface area contributed by atoms with Crippen LogP contribution < -0.4 is 9.80 Å². The number of aromatic nitrogens is 3. The van der Waals surface area contributed by atoms with Crippen molar-refractivity contribution in [1.29, 1.82) is 0 Å². The first-order valence-electron chi connectivity index (χ1n) is 7.09. The molecule has 1 N–H and O–H groups in total. The van der Waals surface area contributed by atoms with Crippen molar-refractivity contribution in [2.75, 3.05) is 36.0 Å². The molecule has 1 aromatic carbocycles. The average Bonchev–Trinajstić information content (AvgIpc) is 2.88. The fourth-order valence-corrected chi connectivity index (χ4v) is 3.11. The molecule has 112 valence electrons. The predicted molar refractivity (Wildman–Crippen MR) is 89.0 cm³/mol. The van der Waals surface area contributed by atoms with Crippen LogP contribution in [-0.2, 0) is 6.54 Å². The maximum atomic E-state index is 6.06. The van der Waals surface area contributed by atoms with E-state index in [0.717, 1.165) is 43.7 Å². The molecule has 21 heavy (non-hydrogen) atoms. The van der Waals surface area contributed by atoms with Gasteiger partial charge >= 0.3 is 0 Å². The third-order valence-corrected chi connectivity index (χ3v) is 4.34. The van der Waals surface area contributed by atoms with Crippen LogP contribution in [0.15, 0.2) is 24.3 Å². The lowest BCUT2D eigenvalue weighted by Crippen LogP contribution is -2.47. The number of nitrogens with one attached hydrogen (secondary N) is 1. The molecule has 0 unspecified atom stereocenters. The highest BCUT2D eigenvalue weighted by molar-refractivity contribution is 7.71. The first-order valence-corrected chi connectivity index (χ1v) is 7.88. The SMILES string of the molecule is CCn1c(N2CCN(c3cccc(Cl)c3)CC2)n[nH]c1=S. The molecule has 5 nitrogen and oxygen atoms in total. The summed E-state index contributed by atoms with van der Waals surface area (Å²) in [6, 6.07) is 8.01. The van der Waals surface area contributed by atoms with Gasteiger partial charge in [-0.3, -0.25) is 4.57 Å². The number of aromatic amines is 1. The van der Waals surface area contributed by atoms with Crippen molar-refractivity contribution in [1.82, 2.24) is 14.8 Å². The minimum Gasteiger partial charge on any atom is -0.368 e. The summed E-state index contributed by atoms with van der Waals surface area (Å²) in [6.07, 6.45) is 0. The van der Waals surface area contributed by atoms with Gasteiger partial charge in [0.15, 0.2) is 4.77 Å². The minimum atomic E-state index is 0.685. The summed E-state index contributed by atoms with van der Waals surface area (Å²) in [5.74, 6) is 0.938. The summed E-state index contributed by atoms with van der Waals surface area (Å²) in [6.45, 7) is 6.65. The fraction of sp³-hybridized carbons (Fsp3) is 0.429. The maximum Gasteiger partial charge on any atom is 0.225 e. The number of rotatable bonds is 3. The molecule has 2 aromatic rings. The monoisotopic (exact) mass is 323 g/mol. The molecule has 0 atom stereocenters. The molecule has 1 aliphatic heterocycles. The molecule has 7 heteroatoms. The van der Waals surface area contributed by atoms with E-state index in [1.54, 1.807) is 0 Å². The van der Waals surface area contributed by atoms with E-state index in [0.29, 0.717) is 4.77 Å². The highest BCUT2D eigenvalue weighted by Crippen LogP contribution is 2.22. The molecule has 1 saturated heterocycles. The van der Waals surface area contributed by atoms with Crippen molar-refractivity contribution in [3.05, 3.63) is 34.1 Å². The molecule has 0 aliphatic carbocycles. The number of benzene rings is 1. The zero-order valence-electron chi connectivity index (χ0n) is 11.9. The molecule has 3 rings (SSSR count). The van der Waals surface area contributed by atoms with Crippen LogP contribution in [0.5, 0.6) is 0 Å². The van der Waals surface area contributed by atoms with E-state index in [1.807, 2.05) is 22.8 Å². The summed E-state index contributed by atoms with van der Waals surface area (Å²) in [4.78, 5) is 4.62. The Hall–Kier alpha value is -1.53. The van der Waals surface area contributed by atoms with E-state index in [-0.39, 0.29) is 0 Å². The number of anilines is 2. The van der Waals surface area contributed by atoms with Gasteiger partial charge in [-0.25, -0.2) is 5.10 Å². The van der Waals surface area contributed by atoms with Crippen molar-refractivity contribution in [3.63, 3.8) is 0 Å². The molecule has 1 aliphatic rings. The van der Waals surface area contributed by atoms with Crippen LogP contribution in [0.3, 0.4) is 0 Å². The summed E-state index contributed by atoms with van der Waals surface area (Å²) < 4.78 is 2.72. The van der Waals surface area contributed by atoms with Crippen LogP contribution in [0.1, 0.15) is 6.92 Å². The summed E-state index contributed by atoms with van der Waals surface area (Å²) in [5.41, 5.74) is 1.18. The molecule has 0 radical (unpaired) electrons. The van der Waals surface area contributed by atoms with E-state index in [4.69, 9.17) is 23.8 Å². The fourth-order valence-electron chi connectivity index (χ4n) is 2.67. The Morgan fingerprint density at radius 3 is 2.62 bits per heavy atom. The highest BCUT2D eigenvalue weighted by atomic mass is 35.5. The first-order chi connectivity index (χ1) is 10.2. The Kier molecular flexibility index (Phi) is 4.17. The van der Waals surface area contributed by atoms with Gasteiger partial charge in [0, 0.05) is 43.4 Å². The van der Waals surface area contributed by atoms with E-state index in [9.17, 15) is 0 Å². The van der Waals surface area contributed by atoms with E-state index >= 15 is 0 Å². The van der Waals surface area contributed by atoms with Gasteiger partial charge < -0.3 is 9.80 Å². The first kappa shape index (κ1) is 14.4. The second kappa shape index (κ2) is 6.07. The number of hydrogen-bond donors (Lipinski definition) is 1. The van der Waals surface area contributed by atoms with Crippen molar-refractivity contribution in [2.24, 2.45) is 0 Å². The Morgan fingerprint density at radius 2 is 1.95 bits per heavy atom. The third-order valence-electron chi connectivity index (χ3n) is 3.79. The Morgan fingerprint density at radius 1 is 1.24 bits per heavy atom. The number of hydrogen-bond acceptors (Lipinski definition) is 4. The van der Waals surface area contributed by atoms with Gasteiger partial charge in [-0.15, -0.1) is 5.10 Å². The zero-order valence-corrected chi connectivity index (χ0v) is 13.5. The van der Waals surface area contributed by atoms with E-state index in [1.165, 1.54) is 5.69 Å². The lowest BCUT2D eigenvalue weighted by atomic mass is 10.2. The summed E-state index contributed by atoms with van der Waals surface area (Å²) in [7, 11) is 0. The van der Waals surface area contributed by atoms with Crippen molar-refractivity contribution < 1.29 is 0 Å². The molecule has 2 heterocycles. The smallest absolute Gasteiger partial charge is 0.225 e. The second-order valence-corrected chi connectivity index (χ2v) is 5.85. The zero-order chi connectivity index (χ0) is 14.8. The van der Waals surface area contributed by atoms with Gasteiger partial charge in [-0.05, 0) is 37.3 Å². The van der Waals surface area contributed by atoms with Gasteiger partial charge in [-0.2, -0.15) is 0 Å². The van der Waals surface area contributed by atoms with Crippen molar-refractivity contribution in [3.8, 4) is 0 Å². The van der Waals surface area contributed by atoms with Crippen LogP contribution >= 0.6 is 23.8 Å². The summed E-state index contributed by atoms with van der Waals surface area (Å²) >= 11 is 11.3. The largest absolute Gasteiger partial charge is 0.368 e. The molecular weight excluding hydrogens is 306 g/mol. The predicted octanol–water partition coefficient (Wildman–Crippen LogP) is 2.94. The van der Waals surface area contributed by atoms with Gasteiger partial charge in [0.05, 0.1) is 0 Å². The molecule has 1 aromatic heterocycles. The minimum absolute atomic E-state index is 0.685. The molecule has 0 amide bonds. The topological polar surface area (TPSA) is 40.1 Å². The van der Waals surface area contributed by atoms with E-state index in [2.05, 4.69) is 33.0 Å². The number of nitrogens with zero attached hydrogens (tertiary/aromatic N) is 4. The normalized spacial score (nSPS) is 15.5. The number of H-pyrrole nitrogens is 1. The second-order valence-electron chi connectivity index (χ2n) is 5.03. The van der Waals surface area contributed by atoms with Gasteiger partial charge in [0.25, 0.3) is 0 Å². The number of piperazine rings is 1. The lowest BCUT2D eigenvalue weighted by molar-refractivity contribution is 0.617. The quantitative estimate of drug-likeness (QED) is 0.882. The molecular formula is C14H18ClN5S. The Bertz CT molecular complexity index is 672. The molecule has 0 saturated carbocycles. The summed E-state index contributed by atoms with van der Waals surface area (Å²) in [5, 5.41) is 8.01. The Labute approximate surface area is 134 Å².